The molecule has 1 aliphatic carbocycles. The molecule has 0 radical (unpaired) electrons. The summed E-state index contributed by atoms with van der Waals surface area (Å²) in [5.41, 5.74) is 3.17. The minimum Gasteiger partial charge on any atom is -0.395 e. The second-order valence-corrected chi connectivity index (χ2v) is 6.39. The first-order valence-corrected chi connectivity index (χ1v) is 8.14. The van der Waals surface area contributed by atoms with Crippen LogP contribution in [0.15, 0.2) is 49.1 Å². The molecule has 3 heterocycles. The van der Waals surface area contributed by atoms with Crippen molar-refractivity contribution in [1.29, 1.82) is 0 Å². The number of rotatable bonds is 3. The van der Waals surface area contributed by atoms with Gasteiger partial charge >= 0.3 is 6.29 Å². The van der Waals surface area contributed by atoms with Crippen LogP contribution in [0.25, 0.3) is 0 Å². The predicted molar refractivity (Wildman–Crippen MR) is 87.8 cm³/mol. The van der Waals surface area contributed by atoms with Gasteiger partial charge in [-0.25, -0.2) is 0 Å². The van der Waals surface area contributed by atoms with Crippen molar-refractivity contribution in [3.05, 3.63) is 54.6 Å². The zero-order valence-corrected chi connectivity index (χ0v) is 13.2. The summed E-state index contributed by atoms with van der Waals surface area (Å²) in [5.74, 6) is 0.722. The summed E-state index contributed by atoms with van der Waals surface area (Å²) in [6, 6.07) is 6.88. The Labute approximate surface area is 143 Å². The van der Waals surface area contributed by atoms with Gasteiger partial charge in [0, 0.05) is 30.4 Å². The summed E-state index contributed by atoms with van der Waals surface area (Å²) in [6.45, 7) is 0.585. The Morgan fingerprint density at radius 2 is 1.84 bits per heavy atom. The molecule has 0 N–H and O–H groups in total. The third kappa shape index (κ3) is 2.56. The van der Waals surface area contributed by atoms with E-state index in [-0.39, 0.29) is 11.5 Å². The molecule has 1 saturated carbocycles. The number of halogens is 2. The maximum Gasteiger partial charge on any atom is 0.586 e. The minimum absolute atomic E-state index is 0.0504. The number of alkyl halides is 2. The van der Waals surface area contributed by atoms with Gasteiger partial charge in [-0.1, -0.05) is 0 Å². The third-order valence-corrected chi connectivity index (χ3v) is 4.61. The van der Waals surface area contributed by atoms with Crippen molar-refractivity contribution < 1.29 is 18.3 Å². The molecule has 0 saturated heterocycles. The summed E-state index contributed by atoms with van der Waals surface area (Å²) in [5, 5.41) is 0. The Morgan fingerprint density at radius 3 is 2.68 bits per heavy atom. The van der Waals surface area contributed by atoms with Crippen molar-refractivity contribution in [2.45, 2.75) is 25.1 Å². The average molecular weight is 343 g/mol. The van der Waals surface area contributed by atoms with Crippen LogP contribution in [-0.4, -0.2) is 17.9 Å². The Morgan fingerprint density at radius 1 is 1.04 bits per heavy atom. The number of ether oxygens (including phenoxy) is 2. The van der Waals surface area contributed by atoms with E-state index in [0.29, 0.717) is 12.6 Å². The number of pyridine rings is 1. The van der Waals surface area contributed by atoms with Gasteiger partial charge in [0.05, 0.1) is 18.6 Å². The van der Waals surface area contributed by atoms with Crippen molar-refractivity contribution in [3.8, 4) is 11.5 Å². The van der Waals surface area contributed by atoms with Crippen LogP contribution in [-0.2, 0) is 0 Å². The second-order valence-electron chi connectivity index (χ2n) is 6.39. The number of hydrogen-bond acceptors (Lipinski definition) is 5. The molecule has 25 heavy (non-hydrogen) atoms. The molecule has 1 fully saturated rings. The highest BCUT2D eigenvalue weighted by molar-refractivity contribution is 5.65. The summed E-state index contributed by atoms with van der Waals surface area (Å²) in [4.78, 5) is 8.32. The van der Waals surface area contributed by atoms with Gasteiger partial charge in [0.15, 0.2) is 11.5 Å². The van der Waals surface area contributed by atoms with Gasteiger partial charge in [-0.2, -0.15) is 0 Å². The van der Waals surface area contributed by atoms with Crippen LogP contribution >= 0.6 is 0 Å². The molecule has 0 atom stereocenters. The Kier molecular flexibility index (Phi) is 2.95. The van der Waals surface area contributed by atoms with Crippen LogP contribution in [0.3, 0.4) is 0 Å². The fourth-order valence-electron chi connectivity index (χ4n) is 3.24. The van der Waals surface area contributed by atoms with Gasteiger partial charge < -0.3 is 19.3 Å². The zero-order chi connectivity index (χ0) is 17.0. The molecule has 5 nitrogen and oxygen atoms in total. The minimum atomic E-state index is -3.59. The van der Waals surface area contributed by atoms with E-state index in [1.54, 1.807) is 12.1 Å². The molecule has 0 amide bonds. The summed E-state index contributed by atoms with van der Waals surface area (Å²) in [7, 11) is 0. The average Bonchev–Trinajstić information content (AvgIpc) is 3.23. The number of anilines is 2. The normalized spacial score (nSPS) is 20.4. The van der Waals surface area contributed by atoms with Crippen molar-refractivity contribution in [2.75, 3.05) is 16.5 Å². The van der Waals surface area contributed by atoms with Gasteiger partial charge in [0.2, 0.25) is 0 Å². The first kappa shape index (κ1) is 14.5. The fourth-order valence-corrected chi connectivity index (χ4v) is 3.24. The monoisotopic (exact) mass is 343 g/mol. The van der Waals surface area contributed by atoms with Crippen molar-refractivity contribution in [3.63, 3.8) is 0 Å². The van der Waals surface area contributed by atoms with E-state index in [2.05, 4.69) is 25.4 Å². The van der Waals surface area contributed by atoms with E-state index in [1.165, 1.54) is 24.5 Å². The quantitative estimate of drug-likeness (QED) is 0.841. The maximum absolute atomic E-state index is 13.2. The number of aromatic nitrogens is 1. The number of nitrogens with zero attached hydrogens (tertiary/aromatic N) is 3. The Balaban J connectivity index is 1.38. The third-order valence-electron chi connectivity index (χ3n) is 4.61. The van der Waals surface area contributed by atoms with E-state index in [0.717, 1.165) is 11.4 Å². The Bertz CT molecular complexity index is 867. The van der Waals surface area contributed by atoms with Crippen molar-refractivity contribution in [2.24, 2.45) is 0 Å². The molecule has 0 bridgehead atoms. The molecular formula is C18H15F2N3O2. The van der Waals surface area contributed by atoms with Gasteiger partial charge in [-0.05, 0) is 42.5 Å². The predicted octanol–water partition coefficient (Wildman–Crippen LogP) is 4.04. The number of benzene rings is 1. The standard InChI is InChI=1S/C18H15F2N3O2/c19-18(20)24-16-4-3-13(9-17(16)25-18)22-7-8-23(11-22)15-10-21-6-5-14(15)12-1-2-12/h3-10,12H,1-2,11H2. The highest BCUT2D eigenvalue weighted by Gasteiger charge is 2.43. The lowest BCUT2D eigenvalue weighted by atomic mass is 10.1. The summed E-state index contributed by atoms with van der Waals surface area (Å²) < 4.78 is 35.3. The van der Waals surface area contributed by atoms with Crippen molar-refractivity contribution in [1.82, 2.24) is 4.98 Å². The molecule has 5 rings (SSSR count). The van der Waals surface area contributed by atoms with E-state index < -0.39 is 6.29 Å². The molecule has 0 spiro atoms. The summed E-state index contributed by atoms with van der Waals surface area (Å²) >= 11 is 0. The summed E-state index contributed by atoms with van der Waals surface area (Å²) in [6.07, 6.45) is 6.43. The SMILES string of the molecule is FC1(F)Oc2ccc(N3C=CN(c4cnccc4C4CC4)C3)cc2O1. The van der Waals surface area contributed by atoms with Crippen LogP contribution < -0.4 is 19.3 Å². The first-order chi connectivity index (χ1) is 12.1. The number of hydrogen-bond donors (Lipinski definition) is 0. The fraction of sp³-hybridized carbons (Fsp3) is 0.278. The van der Waals surface area contributed by atoms with Gasteiger partial charge in [-0.3, -0.25) is 4.98 Å². The number of fused-ring (bicyclic) bond motifs is 1. The van der Waals surface area contributed by atoms with E-state index in [9.17, 15) is 8.78 Å². The van der Waals surface area contributed by atoms with E-state index in [1.807, 2.05) is 29.7 Å². The van der Waals surface area contributed by atoms with E-state index >= 15 is 0 Å². The van der Waals surface area contributed by atoms with Crippen molar-refractivity contribution >= 4 is 11.4 Å². The molecule has 2 aliphatic heterocycles. The van der Waals surface area contributed by atoms with Crippen LogP contribution in [0, 0.1) is 0 Å². The largest absolute Gasteiger partial charge is 0.586 e. The smallest absolute Gasteiger partial charge is 0.395 e. The molecular weight excluding hydrogens is 328 g/mol. The van der Waals surface area contributed by atoms with Crippen LogP contribution in [0.2, 0.25) is 0 Å². The maximum atomic E-state index is 13.2. The van der Waals surface area contributed by atoms with Crippen LogP contribution in [0.1, 0.15) is 24.3 Å². The van der Waals surface area contributed by atoms with Gasteiger partial charge in [0.25, 0.3) is 0 Å². The topological polar surface area (TPSA) is 37.8 Å². The molecule has 1 aromatic carbocycles. The molecule has 1 aromatic heterocycles. The lowest BCUT2D eigenvalue weighted by molar-refractivity contribution is -0.286. The lowest BCUT2D eigenvalue weighted by Gasteiger charge is -2.23. The molecule has 0 unspecified atom stereocenters. The molecule has 3 aliphatic rings. The van der Waals surface area contributed by atoms with E-state index in [4.69, 9.17) is 0 Å². The van der Waals surface area contributed by atoms with Gasteiger partial charge in [-0.15, -0.1) is 8.78 Å². The second kappa shape index (κ2) is 5.08. The molecule has 128 valence electrons. The first-order valence-electron chi connectivity index (χ1n) is 8.14. The highest BCUT2D eigenvalue weighted by atomic mass is 19.3. The van der Waals surface area contributed by atoms with Gasteiger partial charge in [0.1, 0.15) is 0 Å². The van der Waals surface area contributed by atoms with Crippen LogP contribution in [0.4, 0.5) is 20.2 Å². The Hall–Kier alpha value is -2.83. The van der Waals surface area contributed by atoms with Crippen LogP contribution in [0.5, 0.6) is 11.5 Å². The molecule has 7 heteroatoms. The molecule has 2 aromatic rings. The lowest BCUT2D eigenvalue weighted by Crippen LogP contribution is -2.26. The highest BCUT2D eigenvalue weighted by Crippen LogP contribution is 2.45. The zero-order valence-electron chi connectivity index (χ0n) is 13.2.